The summed E-state index contributed by atoms with van der Waals surface area (Å²) in [5, 5.41) is 43.2. The highest BCUT2D eigenvalue weighted by Gasteiger charge is 2.30. The molecule has 10 nitrogen and oxygen atoms in total. The number of carbonyl (C=O) groups is 3. The number of aliphatic hydroxyl groups excluding tert-OH is 2. The number of aromatic hydroxyl groups is 1. The average molecular weight is 674 g/mol. The largest absolute Gasteiger partial charge is 0.542 e. The minimum atomic E-state index is -5.19. The van der Waals surface area contributed by atoms with Gasteiger partial charge in [-0.25, -0.2) is 0 Å². The van der Waals surface area contributed by atoms with Gasteiger partial charge in [0, 0.05) is 12.8 Å². The third kappa shape index (κ3) is 13.2. The zero-order valence-corrected chi connectivity index (χ0v) is 26.7. The van der Waals surface area contributed by atoms with Crippen LogP contribution in [-0.2, 0) is 33.6 Å². The molecule has 0 radical (unpaired) electrons. The Morgan fingerprint density at radius 2 is 1.40 bits per heavy atom. The molecule has 0 aliphatic carbocycles. The van der Waals surface area contributed by atoms with E-state index in [1.807, 2.05) is 74.5 Å². The number of phenolic OH excluding ortho intramolecular Hbond substituents is 1. The number of primary amides is 1. The first-order chi connectivity index (χ1) is 22.5. The molecule has 3 aromatic rings. The summed E-state index contributed by atoms with van der Waals surface area (Å²) in [5.74, 6) is -4.83. The monoisotopic (exact) mass is 673 g/mol. The van der Waals surface area contributed by atoms with E-state index in [1.165, 1.54) is 6.08 Å². The second kappa shape index (κ2) is 18.6. The topological polar surface area (TPSA) is 201 Å². The maximum absolute atomic E-state index is 13.4. The van der Waals surface area contributed by atoms with Gasteiger partial charge in [0.05, 0.1) is 12.0 Å². The first kappa shape index (κ1) is 39.5. The molecule has 0 unspecified atom stereocenters. The van der Waals surface area contributed by atoms with Crippen LogP contribution < -0.4 is 21.9 Å². The van der Waals surface area contributed by atoms with E-state index in [0.29, 0.717) is 6.42 Å². The van der Waals surface area contributed by atoms with Gasteiger partial charge >= 0.3 is 6.18 Å². The standard InChI is InChI=1S/C33H41N3O5.C2HF3O2/c1-21-16-25(37)17-22(2)26(21)20-28(34)31(39)15-9-14-30(38)27(18-23-10-5-3-6-11-23)33(41)36-29(32(35)40)19-24-12-7-4-8-13-24;3-2(4,5)1(6)7/h3-14,16-17,27-31,37-39H,15,18-20,34H2,1-2H3,(H2,35,40)(H,36,41);(H,6,7)/b14-9+;/t27-,28+,29+,30+,31+;/m1./s1. The van der Waals surface area contributed by atoms with Gasteiger partial charge in [0.15, 0.2) is 0 Å². The van der Waals surface area contributed by atoms with Gasteiger partial charge < -0.3 is 42.0 Å². The van der Waals surface area contributed by atoms with Crippen LogP contribution >= 0.6 is 0 Å². The fraction of sp³-hybridized carbons (Fsp3) is 0.343. The number of quaternary nitrogens is 1. The zero-order chi connectivity index (χ0) is 36.0. The van der Waals surface area contributed by atoms with E-state index < -0.39 is 48.1 Å². The number of aryl methyl sites for hydroxylation is 2. The van der Waals surface area contributed by atoms with Crippen LogP contribution in [0.25, 0.3) is 0 Å². The summed E-state index contributed by atoms with van der Waals surface area (Å²) in [6, 6.07) is 20.7. The van der Waals surface area contributed by atoms with Crippen molar-refractivity contribution in [1.29, 1.82) is 0 Å². The Bertz CT molecular complexity index is 1500. The number of phenols is 1. The fourth-order valence-electron chi connectivity index (χ4n) is 4.96. The van der Waals surface area contributed by atoms with Crippen LogP contribution in [0.5, 0.6) is 5.75 Å². The number of halogens is 3. The molecule has 0 saturated heterocycles. The fourth-order valence-corrected chi connectivity index (χ4v) is 4.96. The third-order valence-electron chi connectivity index (χ3n) is 7.62. The minimum Gasteiger partial charge on any atom is -0.542 e. The SMILES string of the molecule is Cc1cc(O)cc(C)c1C[C@H]([NH3+])[C@@H](O)C/C=C/[C@H](O)[C@@H](Cc1ccccc1)C(=O)N[C@@H](Cc1ccccc1)C(N)=O.O=C([O-])C(F)(F)F. The maximum Gasteiger partial charge on any atom is 0.430 e. The van der Waals surface area contributed by atoms with Crippen LogP contribution in [-0.4, -0.2) is 63.6 Å². The summed E-state index contributed by atoms with van der Waals surface area (Å²) in [5.41, 5.74) is 14.3. The maximum atomic E-state index is 13.4. The van der Waals surface area contributed by atoms with Crippen LogP contribution in [0.3, 0.4) is 0 Å². The molecule has 3 rings (SSSR count). The molecular weight excluding hydrogens is 631 g/mol. The summed E-state index contributed by atoms with van der Waals surface area (Å²) < 4.78 is 31.5. The van der Waals surface area contributed by atoms with Crippen molar-refractivity contribution < 1.29 is 53.7 Å². The van der Waals surface area contributed by atoms with Crippen LogP contribution in [0.2, 0.25) is 0 Å². The summed E-state index contributed by atoms with van der Waals surface area (Å²) in [4.78, 5) is 34.4. The highest BCUT2D eigenvalue weighted by atomic mass is 19.4. The molecule has 260 valence electrons. The van der Waals surface area contributed by atoms with Crippen molar-refractivity contribution in [3.05, 3.63) is 113 Å². The van der Waals surface area contributed by atoms with E-state index in [9.17, 15) is 38.1 Å². The van der Waals surface area contributed by atoms with Crippen molar-refractivity contribution in [2.75, 3.05) is 0 Å². The van der Waals surface area contributed by atoms with Gasteiger partial charge in [-0.2, -0.15) is 13.2 Å². The zero-order valence-electron chi connectivity index (χ0n) is 26.7. The van der Waals surface area contributed by atoms with Crippen molar-refractivity contribution in [1.82, 2.24) is 5.32 Å². The molecule has 0 spiro atoms. The molecule has 0 aliphatic heterocycles. The lowest BCUT2D eigenvalue weighted by Gasteiger charge is -2.24. The van der Waals surface area contributed by atoms with E-state index in [1.54, 1.807) is 18.2 Å². The molecule has 0 aromatic heterocycles. The average Bonchev–Trinajstić information content (AvgIpc) is 3.01. The Labute approximate surface area is 276 Å². The Morgan fingerprint density at radius 1 is 0.917 bits per heavy atom. The predicted octanol–water partition coefficient (Wildman–Crippen LogP) is 1.20. The molecule has 3 aromatic carbocycles. The summed E-state index contributed by atoms with van der Waals surface area (Å²) in [7, 11) is 0. The number of rotatable bonds is 14. The Hall–Kier alpha value is -4.72. The molecule has 0 bridgehead atoms. The third-order valence-corrected chi connectivity index (χ3v) is 7.62. The van der Waals surface area contributed by atoms with Crippen molar-refractivity contribution >= 4 is 17.8 Å². The Morgan fingerprint density at radius 3 is 1.85 bits per heavy atom. The Kier molecular flexibility index (Phi) is 15.3. The smallest absolute Gasteiger partial charge is 0.430 e. The van der Waals surface area contributed by atoms with Crippen LogP contribution in [0.15, 0.2) is 84.9 Å². The summed E-state index contributed by atoms with van der Waals surface area (Å²) >= 11 is 0. The molecule has 9 N–H and O–H groups in total. The van der Waals surface area contributed by atoms with Crippen molar-refractivity contribution in [3.63, 3.8) is 0 Å². The lowest BCUT2D eigenvalue weighted by Crippen LogP contribution is -2.67. The van der Waals surface area contributed by atoms with Crippen LogP contribution in [0, 0.1) is 19.8 Å². The van der Waals surface area contributed by atoms with Crippen LogP contribution in [0.4, 0.5) is 13.2 Å². The van der Waals surface area contributed by atoms with Gasteiger partial charge in [0.25, 0.3) is 0 Å². The molecule has 5 atom stereocenters. The minimum absolute atomic E-state index is 0.207. The lowest BCUT2D eigenvalue weighted by molar-refractivity contribution is -0.436. The number of nitrogens with two attached hydrogens (primary N) is 1. The number of carboxylic acid groups (broad SMARTS) is 1. The number of hydrogen-bond acceptors (Lipinski definition) is 7. The number of amides is 2. The van der Waals surface area contributed by atoms with Gasteiger partial charge in [-0.3, -0.25) is 9.59 Å². The second-order valence-electron chi connectivity index (χ2n) is 11.5. The lowest BCUT2D eigenvalue weighted by atomic mass is 9.91. The molecule has 0 fully saturated rings. The first-order valence-corrected chi connectivity index (χ1v) is 15.1. The number of aliphatic hydroxyl groups is 2. The number of carboxylic acids is 1. The Balaban J connectivity index is 0.00000103. The number of benzene rings is 3. The summed E-state index contributed by atoms with van der Waals surface area (Å²) in [6.45, 7) is 3.83. The van der Waals surface area contributed by atoms with Crippen molar-refractivity contribution in [2.45, 2.75) is 70.0 Å². The number of aliphatic carboxylic acids is 1. The highest BCUT2D eigenvalue weighted by Crippen LogP contribution is 2.22. The normalized spacial score (nSPS) is 14.6. The predicted molar refractivity (Wildman–Crippen MR) is 170 cm³/mol. The van der Waals surface area contributed by atoms with Gasteiger partial charge in [0.2, 0.25) is 11.8 Å². The van der Waals surface area contributed by atoms with Crippen LogP contribution in [0.1, 0.15) is 34.2 Å². The van der Waals surface area contributed by atoms with E-state index in [-0.39, 0.29) is 31.1 Å². The van der Waals surface area contributed by atoms with Gasteiger partial charge in [0.1, 0.15) is 29.9 Å². The van der Waals surface area contributed by atoms with Gasteiger partial charge in [-0.15, -0.1) is 0 Å². The molecule has 0 heterocycles. The molecule has 13 heteroatoms. The van der Waals surface area contributed by atoms with E-state index in [4.69, 9.17) is 15.6 Å². The highest BCUT2D eigenvalue weighted by molar-refractivity contribution is 5.88. The van der Waals surface area contributed by atoms with Crippen molar-refractivity contribution in [3.8, 4) is 5.75 Å². The quantitative estimate of drug-likeness (QED) is 0.138. The molecule has 48 heavy (non-hydrogen) atoms. The van der Waals surface area contributed by atoms with Gasteiger partial charge in [-0.1, -0.05) is 72.8 Å². The number of carbonyl (C=O) groups excluding carboxylic acids is 3. The molecule has 0 saturated carbocycles. The first-order valence-electron chi connectivity index (χ1n) is 15.1. The second-order valence-corrected chi connectivity index (χ2v) is 11.5. The summed E-state index contributed by atoms with van der Waals surface area (Å²) in [6.07, 6.45) is -2.72. The number of nitrogens with one attached hydrogen (secondary N) is 1. The number of hydrogen-bond donors (Lipinski definition) is 6. The number of alkyl halides is 3. The van der Waals surface area contributed by atoms with E-state index in [0.717, 1.165) is 27.8 Å². The van der Waals surface area contributed by atoms with E-state index in [2.05, 4.69) is 11.1 Å². The molecule has 0 aliphatic rings. The van der Waals surface area contributed by atoms with Crippen molar-refractivity contribution in [2.24, 2.45) is 11.7 Å². The molecular formula is C35H42F3N3O7. The van der Waals surface area contributed by atoms with Gasteiger partial charge in [-0.05, 0) is 66.6 Å². The van der Waals surface area contributed by atoms with E-state index >= 15 is 0 Å². The molecule has 2 amide bonds.